The van der Waals surface area contributed by atoms with Gasteiger partial charge in [0.1, 0.15) is 6.54 Å². The number of pyridine rings is 1. The number of fused-ring (bicyclic) bond motifs is 1. The lowest BCUT2D eigenvalue weighted by atomic mass is 10.1. The van der Waals surface area contributed by atoms with E-state index in [0.717, 1.165) is 11.3 Å². The van der Waals surface area contributed by atoms with Crippen LogP contribution >= 0.6 is 0 Å². The summed E-state index contributed by atoms with van der Waals surface area (Å²) in [6.07, 6.45) is 4.78. The Kier molecular flexibility index (Phi) is 5.48. The second-order valence-electron chi connectivity index (χ2n) is 7.39. The van der Waals surface area contributed by atoms with Gasteiger partial charge in [0.05, 0.1) is 35.6 Å². The SMILES string of the molecule is CNC(=O)Cn1cc(NC(=O)c2cc(C)nc3c2cnn3Cc2ccc(C)cc2)cn1. The fourth-order valence-corrected chi connectivity index (χ4v) is 3.28. The summed E-state index contributed by atoms with van der Waals surface area (Å²) in [5.41, 5.74) is 4.66. The summed E-state index contributed by atoms with van der Waals surface area (Å²) >= 11 is 0. The third-order valence-corrected chi connectivity index (χ3v) is 4.91. The zero-order valence-electron chi connectivity index (χ0n) is 17.6. The van der Waals surface area contributed by atoms with E-state index in [1.54, 1.807) is 30.2 Å². The van der Waals surface area contributed by atoms with Crippen molar-refractivity contribution in [2.24, 2.45) is 0 Å². The predicted molar refractivity (Wildman–Crippen MR) is 117 cm³/mol. The van der Waals surface area contributed by atoms with Crippen LogP contribution in [0.4, 0.5) is 5.69 Å². The van der Waals surface area contributed by atoms with Crippen molar-refractivity contribution in [3.8, 4) is 0 Å². The number of hydrogen-bond acceptors (Lipinski definition) is 5. The quantitative estimate of drug-likeness (QED) is 0.501. The average Bonchev–Trinajstić information content (AvgIpc) is 3.35. The van der Waals surface area contributed by atoms with E-state index < -0.39 is 0 Å². The molecule has 4 aromatic rings. The van der Waals surface area contributed by atoms with Gasteiger partial charge in [-0.3, -0.25) is 14.3 Å². The minimum atomic E-state index is -0.287. The molecule has 3 heterocycles. The van der Waals surface area contributed by atoms with Crippen LogP contribution in [0.25, 0.3) is 11.0 Å². The van der Waals surface area contributed by atoms with Crippen LogP contribution in [-0.2, 0) is 17.9 Å². The van der Waals surface area contributed by atoms with E-state index in [1.807, 2.05) is 13.8 Å². The lowest BCUT2D eigenvalue weighted by Crippen LogP contribution is -2.23. The molecule has 2 amide bonds. The first kappa shape index (κ1) is 20.3. The Labute approximate surface area is 179 Å². The maximum Gasteiger partial charge on any atom is 0.256 e. The minimum absolute atomic E-state index is 0.0801. The molecule has 31 heavy (non-hydrogen) atoms. The van der Waals surface area contributed by atoms with Gasteiger partial charge in [0.25, 0.3) is 5.91 Å². The molecule has 158 valence electrons. The second-order valence-corrected chi connectivity index (χ2v) is 7.39. The molecule has 0 saturated carbocycles. The molecule has 4 rings (SSSR count). The van der Waals surface area contributed by atoms with E-state index >= 15 is 0 Å². The van der Waals surface area contributed by atoms with Crippen LogP contribution in [0.5, 0.6) is 0 Å². The third-order valence-electron chi connectivity index (χ3n) is 4.91. The highest BCUT2D eigenvalue weighted by Gasteiger charge is 2.17. The van der Waals surface area contributed by atoms with Crippen molar-refractivity contribution < 1.29 is 9.59 Å². The first-order valence-corrected chi connectivity index (χ1v) is 9.86. The smallest absolute Gasteiger partial charge is 0.256 e. The number of amides is 2. The molecule has 1 aromatic carbocycles. The molecule has 0 aliphatic rings. The van der Waals surface area contributed by atoms with Crippen molar-refractivity contribution in [3.63, 3.8) is 0 Å². The van der Waals surface area contributed by atoms with Crippen LogP contribution in [0.1, 0.15) is 27.2 Å². The Hall–Kier alpha value is -4.01. The van der Waals surface area contributed by atoms with Crippen LogP contribution in [0.3, 0.4) is 0 Å². The molecule has 3 aromatic heterocycles. The zero-order chi connectivity index (χ0) is 22.0. The number of aryl methyl sites for hydroxylation is 2. The highest BCUT2D eigenvalue weighted by atomic mass is 16.2. The van der Waals surface area contributed by atoms with Gasteiger partial charge in [-0.2, -0.15) is 10.2 Å². The van der Waals surface area contributed by atoms with Gasteiger partial charge >= 0.3 is 0 Å². The average molecular weight is 417 g/mol. The van der Waals surface area contributed by atoms with Gasteiger partial charge < -0.3 is 10.6 Å². The fourth-order valence-electron chi connectivity index (χ4n) is 3.28. The number of carbonyl (C=O) groups is 2. The molecule has 0 fully saturated rings. The first-order valence-electron chi connectivity index (χ1n) is 9.86. The maximum atomic E-state index is 13.0. The number of anilines is 1. The third kappa shape index (κ3) is 4.45. The molecule has 0 aliphatic heterocycles. The summed E-state index contributed by atoms with van der Waals surface area (Å²) in [6, 6.07) is 9.97. The molecule has 0 saturated heterocycles. The number of carbonyl (C=O) groups excluding carboxylic acids is 2. The van der Waals surface area contributed by atoms with Crippen molar-refractivity contribution in [2.75, 3.05) is 12.4 Å². The van der Waals surface area contributed by atoms with E-state index in [9.17, 15) is 9.59 Å². The molecule has 2 N–H and O–H groups in total. The van der Waals surface area contributed by atoms with Crippen LogP contribution in [0, 0.1) is 13.8 Å². The number of nitrogens with zero attached hydrogens (tertiary/aromatic N) is 5. The van der Waals surface area contributed by atoms with Crippen molar-refractivity contribution in [1.82, 2.24) is 29.9 Å². The van der Waals surface area contributed by atoms with Gasteiger partial charge in [0, 0.05) is 18.9 Å². The van der Waals surface area contributed by atoms with Crippen molar-refractivity contribution in [2.45, 2.75) is 26.9 Å². The van der Waals surface area contributed by atoms with Gasteiger partial charge in [-0.25, -0.2) is 9.67 Å². The molecule has 0 atom stereocenters. The van der Waals surface area contributed by atoms with Crippen LogP contribution in [-0.4, -0.2) is 43.4 Å². The molecule has 9 heteroatoms. The van der Waals surface area contributed by atoms with Gasteiger partial charge in [-0.05, 0) is 25.5 Å². The number of hydrogen-bond donors (Lipinski definition) is 2. The van der Waals surface area contributed by atoms with Crippen LogP contribution in [0.15, 0.2) is 48.9 Å². The number of rotatable bonds is 6. The Balaban J connectivity index is 1.59. The van der Waals surface area contributed by atoms with Crippen LogP contribution in [0.2, 0.25) is 0 Å². The Morgan fingerprint density at radius 3 is 2.58 bits per heavy atom. The summed E-state index contributed by atoms with van der Waals surface area (Å²) in [5, 5.41) is 14.6. The summed E-state index contributed by atoms with van der Waals surface area (Å²) in [4.78, 5) is 29.1. The molecule has 0 aliphatic carbocycles. The standard InChI is InChI=1S/C22H23N7O2/c1-14-4-6-16(7-5-14)11-29-21-19(10-25-29)18(8-15(2)26-21)22(31)27-17-9-24-28(12-17)13-20(30)23-3/h4-10,12H,11,13H2,1-3H3,(H,23,30)(H,27,31). The Bertz CT molecular complexity index is 1250. The molecule has 0 bridgehead atoms. The van der Waals surface area contributed by atoms with E-state index in [1.165, 1.54) is 16.4 Å². The summed E-state index contributed by atoms with van der Waals surface area (Å²) in [7, 11) is 1.56. The minimum Gasteiger partial charge on any atom is -0.358 e. The summed E-state index contributed by atoms with van der Waals surface area (Å²) < 4.78 is 3.26. The number of benzene rings is 1. The zero-order valence-corrected chi connectivity index (χ0v) is 17.6. The highest BCUT2D eigenvalue weighted by Crippen LogP contribution is 2.21. The molecule has 0 radical (unpaired) electrons. The van der Waals surface area contributed by atoms with E-state index in [4.69, 9.17) is 0 Å². The van der Waals surface area contributed by atoms with Crippen molar-refractivity contribution >= 4 is 28.5 Å². The second kappa shape index (κ2) is 8.39. The van der Waals surface area contributed by atoms with E-state index in [0.29, 0.717) is 28.8 Å². The van der Waals surface area contributed by atoms with E-state index in [-0.39, 0.29) is 18.4 Å². The molecular formula is C22H23N7O2. The lowest BCUT2D eigenvalue weighted by Gasteiger charge is -2.07. The molecule has 9 nitrogen and oxygen atoms in total. The summed E-state index contributed by atoms with van der Waals surface area (Å²) in [6.45, 7) is 4.54. The summed E-state index contributed by atoms with van der Waals surface area (Å²) in [5.74, 6) is -0.460. The van der Waals surface area contributed by atoms with Crippen molar-refractivity contribution in [1.29, 1.82) is 0 Å². The predicted octanol–water partition coefficient (Wildman–Crippen LogP) is 2.29. The van der Waals surface area contributed by atoms with Crippen molar-refractivity contribution in [3.05, 3.63) is 71.3 Å². The Morgan fingerprint density at radius 2 is 1.84 bits per heavy atom. The topological polar surface area (TPSA) is 107 Å². The van der Waals surface area contributed by atoms with Gasteiger partial charge in [-0.1, -0.05) is 29.8 Å². The number of nitrogens with one attached hydrogen (secondary N) is 2. The van der Waals surface area contributed by atoms with Gasteiger partial charge in [0.15, 0.2) is 5.65 Å². The lowest BCUT2D eigenvalue weighted by molar-refractivity contribution is -0.121. The first-order chi connectivity index (χ1) is 14.9. The van der Waals surface area contributed by atoms with E-state index in [2.05, 4.69) is 50.1 Å². The molecule has 0 spiro atoms. The monoisotopic (exact) mass is 417 g/mol. The Morgan fingerprint density at radius 1 is 1.06 bits per heavy atom. The fraction of sp³-hybridized carbons (Fsp3) is 0.227. The maximum absolute atomic E-state index is 13.0. The number of aromatic nitrogens is 5. The normalized spacial score (nSPS) is 10.9. The highest BCUT2D eigenvalue weighted by molar-refractivity contribution is 6.11. The number of likely N-dealkylation sites (N-methyl/N-ethyl adjacent to an activating group) is 1. The van der Waals surface area contributed by atoms with Gasteiger partial charge in [-0.15, -0.1) is 0 Å². The van der Waals surface area contributed by atoms with Gasteiger partial charge in [0.2, 0.25) is 5.91 Å². The molecular weight excluding hydrogens is 394 g/mol. The molecule has 0 unspecified atom stereocenters. The largest absolute Gasteiger partial charge is 0.358 e. The van der Waals surface area contributed by atoms with Crippen LogP contribution < -0.4 is 10.6 Å².